The van der Waals surface area contributed by atoms with E-state index in [0.717, 1.165) is 19.5 Å². The summed E-state index contributed by atoms with van der Waals surface area (Å²) in [6.45, 7) is 5.17. The highest BCUT2D eigenvalue weighted by atomic mass is 16.5. The first kappa shape index (κ1) is 14.8. The molecule has 1 rings (SSSR count). The molecule has 1 atom stereocenters. The first-order chi connectivity index (χ1) is 8.63. The number of rotatable bonds is 5. The van der Waals surface area contributed by atoms with Crippen molar-refractivity contribution in [2.24, 2.45) is 16.6 Å². The third-order valence-corrected chi connectivity index (χ3v) is 2.99. The normalized spacial score (nSPS) is 20.9. The summed E-state index contributed by atoms with van der Waals surface area (Å²) in [4.78, 5) is 17.6. The van der Waals surface area contributed by atoms with Crippen molar-refractivity contribution in [1.82, 2.24) is 10.2 Å². The van der Waals surface area contributed by atoms with Gasteiger partial charge in [-0.2, -0.15) is 0 Å². The van der Waals surface area contributed by atoms with Crippen molar-refractivity contribution >= 4 is 11.9 Å². The number of carbonyl (C=O) groups is 1. The van der Waals surface area contributed by atoms with Crippen LogP contribution in [0.25, 0.3) is 0 Å². The Hall–Kier alpha value is -1.30. The number of methoxy groups -OCH3 is 1. The maximum atomic E-state index is 11.4. The summed E-state index contributed by atoms with van der Waals surface area (Å²) in [5.41, 5.74) is 5.89. The van der Waals surface area contributed by atoms with Gasteiger partial charge >= 0.3 is 0 Å². The van der Waals surface area contributed by atoms with Crippen molar-refractivity contribution in [1.29, 1.82) is 0 Å². The lowest BCUT2D eigenvalue weighted by atomic mass is 10.0. The predicted molar refractivity (Wildman–Crippen MR) is 71.3 cm³/mol. The molecule has 1 saturated heterocycles. The third-order valence-electron chi connectivity index (χ3n) is 2.99. The number of guanidine groups is 1. The van der Waals surface area contributed by atoms with Crippen LogP contribution in [0.5, 0.6) is 0 Å². The second kappa shape index (κ2) is 7.92. The molecule has 0 aromatic carbocycles. The minimum atomic E-state index is -0.125. The number of nitrogens with zero attached hydrogens (tertiary/aromatic N) is 2. The molecule has 0 saturated carbocycles. The lowest BCUT2D eigenvalue weighted by Gasteiger charge is -2.31. The van der Waals surface area contributed by atoms with E-state index in [4.69, 9.17) is 10.5 Å². The molecular formula is C12H24N4O2. The van der Waals surface area contributed by atoms with Crippen molar-refractivity contribution in [3.05, 3.63) is 0 Å². The minimum absolute atomic E-state index is 0.0838. The van der Waals surface area contributed by atoms with Crippen LogP contribution in [0.2, 0.25) is 0 Å². The topological polar surface area (TPSA) is 79.9 Å². The van der Waals surface area contributed by atoms with Gasteiger partial charge in [-0.3, -0.25) is 4.79 Å². The molecule has 0 aromatic rings. The fraction of sp³-hybridized carbons (Fsp3) is 0.833. The van der Waals surface area contributed by atoms with Gasteiger partial charge in [0.2, 0.25) is 5.91 Å². The number of nitrogens with two attached hydrogens (primary N) is 1. The van der Waals surface area contributed by atoms with Gasteiger partial charge in [0.25, 0.3) is 0 Å². The smallest absolute Gasteiger partial charge is 0.241 e. The van der Waals surface area contributed by atoms with Crippen molar-refractivity contribution in [2.45, 2.75) is 19.8 Å². The molecular weight excluding hydrogens is 232 g/mol. The number of hydrogen-bond acceptors (Lipinski definition) is 3. The Kier molecular flexibility index (Phi) is 6.49. The first-order valence-electron chi connectivity index (χ1n) is 6.44. The second-order valence-corrected chi connectivity index (χ2v) is 4.71. The van der Waals surface area contributed by atoms with E-state index >= 15 is 0 Å². The molecule has 1 unspecified atom stereocenters. The first-order valence-corrected chi connectivity index (χ1v) is 6.44. The zero-order chi connectivity index (χ0) is 13.4. The molecule has 18 heavy (non-hydrogen) atoms. The van der Waals surface area contributed by atoms with Crippen molar-refractivity contribution in [3.8, 4) is 0 Å². The minimum Gasteiger partial charge on any atom is -0.383 e. The number of likely N-dealkylation sites (tertiary alicyclic amines) is 1. The number of amides is 1. The molecule has 6 nitrogen and oxygen atoms in total. The Morgan fingerprint density at radius 3 is 3.06 bits per heavy atom. The van der Waals surface area contributed by atoms with Gasteiger partial charge in [0, 0.05) is 26.7 Å². The van der Waals surface area contributed by atoms with E-state index in [1.165, 1.54) is 6.42 Å². The van der Waals surface area contributed by atoms with E-state index in [2.05, 4.69) is 22.1 Å². The highest BCUT2D eigenvalue weighted by Gasteiger charge is 2.17. The Bertz CT molecular complexity index is 294. The molecule has 1 amide bonds. The number of hydrogen-bond donors (Lipinski definition) is 2. The summed E-state index contributed by atoms with van der Waals surface area (Å²) >= 11 is 0. The van der Waals surface area contributed by atoms with E-state index in [-0.39, 0.29) is 12.5 Å². The molecule has 1 aliphatic rings. The van der Waals surface area contributed by atoms with Crippen LogP contribution >= 0.6 is 0 Å². The molecule has 1 aliphatic heterocycles. The number of carbonyl (C=O) groups excluding carboxylic acids is 1. The third kappa shape index (κ3) is 5.35. The van der Waals surface area contributed by atoms with Crippen LogP contribution in [0.15, 0.2) is 4.99 Å². The van der Waals surface area contributed by atoms with Gasteiger partial charge in [0.15, 0.2) is 5.96 Å². The van der Waals surface area contributed by atoms with Crippen LogP contribution in [-0.4, -0.2) is 56.7 Å². The van der Waals surface area contributed by atoms with Crippen LogP contribution < -0.4 is 11.1 Å². The average Bonchev–Trinajstić information content (AvgIpc) is 2.36. The van der Waals surface area contributed by atoms with Gasteiger partial charge in [-0.15, -0.1) is 0 Å². The summed E-state index contributed by atoms with van der Waals surface area (Å²) in [7, 11) is 1.60. The molecule has 3 N–H and O–H groups in total. The predicted octanol–water partition coefficient (Wildman–Crippen LogP) is -0.204. The lowest BCUT2D eigenvalue weighted by Crippen LogP contribution is -2.44. The lowest BCUT2D eigenvalue weighted by molar-refractivity contribution is -0.119. The van der Waals surface area contributed by atoms with Crippen molar-refractivity contribution < 1.29 is 9.53 Å². The van der Waals surface area contributed by atoms with E-state index < -0.39 is 0 Å². The Balaban J connectivity index is 2.29. The molecule has 1 fully saturated rings. The van der Waals surface area contributed by atoms with Gasteiger partial charge < -0.3 is 20.7 Å². The Morgan fingerprint density at radius 1 is 1.61 bits per heavy atom. The van der Waals surface area contributed by atoms with Crippen LogP contribution in [0.4, 0.5) is 0 Å². The summed E-state index contributed by atoms with van der Waals surface area (Å²) in [6.07, 6.45) is 2.37. The molecule has 104 valence electrons. The van der Waals surface area contributed by atoms with Crippen LogP contribution in [0, 0.1) is 5.92 Å². The quantitative estimate of drug-likeness (QED) is 0.405. The van der Waals surface area contributed by atoms with E-state index in [1.807, 2.05) is 0 Å². The average molecular weight is 256 g/mol. The summed E-state index contributed by atoms with van der Waals surface area (Å²) in [5, 5.41) is 2.71. The zero-order valence-electron chi connectivity index (χ0n) is 11.3. The van der Waals surface area contributed by atoms with Gasteiger partial charge in [-0.25, -0.2) is 4.99 Å². The van der Waals surface area contributed by atoms with Gasteiger partial charge in [0.1, 0.15) is 6.54 Å². The Morgan fingerprint density at radius 2 is 2.39 bits per heavy atom. The Labute approximate surface area is 109 Å². The van der Waals surface area contributed by atoms with Crippen molar-refractivity contribution in [3.63, 3.8) is 0 Å². The molecule has 0 spiro atoms. The molecule has 6 heteroatoms. The SMILES string of the molecule is COCCNC(=O)CN=C(N)N1CCCC(C)C1. The molecule has 0 aromatic heterocycles. The zero-order valence-corrected chi connectivity index (χ0v) is 11.3. The van der Waals surface area contributed by atoms with E-state index in [1.54, 1.807) is 7.11 Å². The maximum absolute atomic E-state index is 11.4. The second-order valence-electron chi connectivity index (χ2n) is 4.71. The summed E-state index contributed by atoms with van der Waals surface area (Å²) in [6, 6.07) is 0. The fourth-order valence-corrected chi connectivity index (χ4v) is 2.00. The van der Waals surface area contributed by atoms with E-state index in [9.17, 15) is 4.79 Å². The maximum Gasteiger partial charge on any atom is 0.241 e. The number of ether oxygens (including phenoxy) is 1. The van der Waals surface area contributed by atoms with Crippen LogP contribution in [0.3, 0.4) is 0 Å². The molecule has 0 aliphatic carbocycles. The number of nitrogens with one attached hydrogen (secondary N) is 1. The highest BCUT2D eigenvalue weighted by molar-refractivity contribution is 5.84. The standard InChI is InChI=1S/C12H24N4O2/c1-10-4-3-6-16(9-10)12(13)15-8-11(17)14-5-7-18-2/h10H,3-9H2,1-2H3,(H2,13,15)(H,14,17). The fourth-order valence-electron chi connectivity index (χ4n) is 2.00. The van der Waals surface area contributed by atoms with Crippen molar-refractivity contribution in [2.75, 3.05) is 39.9 Å². The number of piperidine rings is 1. The number of aliphatic imine (C=N–C) groups is 1. The summed E-state index contributed by atoms with van der Waals surface area (Å²) < 4.78 is 4.84. The highest BCUT2D eigenvalue weighted by Crippen LogP contribution is 2.14. The monoisotopic (exact) mass is 256 g/mol. The molecule has 0 bridgehead atoms. The largest absolute Gasteiger partial charge is 0.383 e. The summed E-state index contributed by atoms with van der Waals surface area (Å²) in [5.74, 6) is 0.992. The molecule has 1 heterocycles. The van der Waals surface area contributed by atoms with Gasteiger partial charge in [-0.05, 0) is 18.8 Å². The van der Waals surface area contributed by atoms with Crippen LogP contribution in [-0.2, 0) is 9.53 Å². The van der Waals surface area contributed by atoms with E-state index in [0.29, 0.717) is 25.0 Å². The van der Waals surface area contributed by atoms with Gasteiger partial charge in [0.05, 0.1) is 6.61 Å². The molecule has 0 radical (unpaired) electrons. The van der Waals surface area contributed by atoms with Crippen LogP contribution in [0.1, 0.15) is 19.8 Å². The van der Waals surface area contributed by atoms with Gasteiger partial charge in [-0.1, -0.05) is 6.92 Å².